The second-order valence-electron chi connectivity index (χ2n) is 8.87. The Morgan fingerprint density at radius 2 is 0.675 bits per heavy atom. The summed E-state index contributed by atoms with van der Waals surface area (Å²) in [6.07, 6.45) is 0. The zero-order valence-corrected chi connectivity index (χ0v) is 21.5. The highest BCUT2D eigenvalue weighted by Crippen LogP contribution is 2.16. The SMILES string of the molecule is O=C(Nc1ccc(NC(=O)c2ccc(C#Cc3ccccc3)cc2)cc1)c1ccc(C#Cc2ccccc2)cc1. The maximum Gasteiger partial charge on any atom is 0.255 e. The Bertz CT molecular complexity index is 1600. The number of benzene rings is 5. The highest BCUT2D eigenvalue weighted by Gasteiger charge is 2.08. The molecule has 190 valence electrons. The van der Waals surface area contributed by atoms with E-state index in [1.165, 1.54) is 0 Å². The molecular formula is C36H24N2O2. The van der Waals surface area contributed by atoms with Crippen LogP contribution in [0.5, 0.6) is 0 Å². The van der Waals surface area contributed by atoms with Gasteiger partial charge in [-0.1, -0.05) is 60.1 Å². The van der Waals surface area contributed by atoms with E-state index in [-0.39, 0.29) is 11.8 Å². The number of carbonyl (C=O) groups excluding carboxylic acids is 2. The minimum absolute atomic E-state index is 0.227. The van der Waals surface area contributed by atoms with Crippen molar-refractivity contribution in [3.8, 4) is 23.7 Å². The number of rotatable bonds is 4. The second kappa shape index (κ2) is 12.6. The van der Waals surface area contributed by atoms with E-state index in [0.29, 0.717) is 22.5 Å². The number of carbonyl (C=O) groups is 2. The van der Waals surface area contributed by atoms with E-state index in [1.807, 2.05) is 84.9 Å². The Labute approximate surface area is 233 Å². The molecule has 0 aliphatic carbocycles. The topological polar surface area (TPSA) is 58.2 Å². The zero-order chi connectivity index (χ0) is 27.6. The third-order valence-corrected chi connectivity index (χ3v) is 5.94. The van der Waals surface area contributed by atoms with Crippen LogP contribution < -0.4 is 10.6 Å². The standard InChI is InChI=1S/C36H24N2O2/c39-35(31-19-15-29(16-20-31)13-11-27-7-3-1-4-8-27)37-33-23-25-34(26-24-33)38-36(40)32-21-17-30(18-22-32)14-12-28-9-5-2-6-10-28/h1-10,15-26H,(H,37,39)(H,38,40). The van der Waals surface area contributed by atoms with Gasteiger partial charge in [0.1, 0.15) is 0 Å². The van der Waals surface area contributed by atoms with Gasteiger partial charge in [0.2, 0.25) is 0 Å². The third-order valence-electron chi connectivity index (χ3n) is 5.94. The van der Waals surface area contributed by atoms with Crippen LogP contribution in [0, 0.1) is 23.7 Å². The molecule has 0 aliphatic rings. The van der Waals surface area contributed by atoms with Crippen LogP contribution in [0.15, 0.2) is 133 Å². The van der Waals surface area contributed by atoms with Gasteiger partial charge in [-0.25, -0.2) is 0 Å². The molecule has 2 amide bonds. The maximum atomic E-state index is 12.7. The van der Waals surface area contributed by atoms with Crippen molar-refractivity contribution < 1.29 is 9.59 Å². The largest absolute Gasteiger partial charge is 0.322 e. The van der Waals surface area contributed by atoms with Crippen molar-refractivity contribution in [3.63, 3.8) is 0 Å². The average molecular weight is 517 g/mol. The number of nitrogens with one attached hydrogen (secondary N) is 2. The summed E-state index contributed by atoms with van der Waals surface area (Å²) >= 11 is 0. The molecule has 0 unspecified atom stereocenters. The second-order valence-corrected chi connectivity index (χ2v) is 8.87. The van der Waals surface area contributed by atoms with Crippen molar-refractivity contribution in [2.75, 3.05) is 10.6 Å². The summed E-state index contributed by atoms with van der Waals surface area (Å²) in [6.45, 7) is 0. The molecule has 5 rings (SSSR count). The van der Waals surface area contributed by atoms with E-state index < -0.39 is 0 Å². The molecular weight excluding hydrogens is 492 g/mol. The summed E-state index contributed by atoms with van der Waals surface area (Å²) in [4.78, 5) is 25.4. The first-order valence-corrected chi connectivity index (χ1v) is 12.7. The molecule has 2 N–H and O–H groups in total. The van der Waals surface area contributed by atoms with Gasteiger partial charge in [-0.05, 0) is 97.1 Å². The zero-order valence-electron chi connectivity index (χ0n) is 21.5. The first-order chi connectivity index (χ1) is 19.6. The molecule has 0 atom stereocenters. The molecule has 0 aromatic heterocycles. The Morgan fingerprint density at radius 1 is 0.375 bits per heavy atom. The van der Waals surface area contributed by atoms with Crippen molar-refractivity contribution in [1.82, 2.24) is 0 Å². The molecule has 0 bridgehead atoms. The van der Waals surface area contributed by atoms with Gasteiger partial charge in [-0.15, -0.1) is 0 Å². The quantitative estimate of drug-likeness (QED) is 0.253. The van der Waals surface area contributed by atoms with Crippen LogP contribution in [0.4, 0.5) is 11.4 Å². The van der Waals surface area contributed by atoms with Gasteiger partial charge in [0.05, 0.1) is 0 Å². The fourth-order valence-electron chi connectivity index (χ4n) is 3.78. The van der Waals surface area contributed by atoms with Gasteiger partial charge in [-0.2, -0.15) is 0 Å². The third kappa shape index (κ3) is 7.13. The Morgan fingerprint density at radius 3 is 1.00 bits per heavy atom. The van der Waals surface area contributed by atoms with Gasteiger partial charge in [0.25, 0.3) is 11.8 Å². The minimum atomic E-state index is -0.227. The number of anilines is 2. The predicted octanol–water partition coefficient (Wildman–Crippen LogP) is 6.99. The molecule has 0 saturated carbocycles. The van der Waals surface area contributed by atoms with Crippen LogP contribution in [0.3, 0.4) is 0 Å². The minimum Gasteiger partial charge on any atom is -0.322 e. The monoisotopic (exact) mass is 516 g/mol. The molecule has 0 heterocycles. The molecule has 5 aromatic rings. The fraction of sp³-hybridized carbons (Fsp3) is 0. The van der Waals surface area contributed by atoms with E-state index >= 15 is 0 Å². The first kappa shape index (κ1) is 25.8. The summed E-state index contributed by atoms with van der Waals surface area (Å²) in [5.74, 6) is 12.0. The predicted molar refractivity (Wildman–Crippen MR) is 160 cm³/mol. The molecule has 4 nitrogen and oxygen atoms in total. The van der Waals surface area contributed by atoms with Crippen LogP contribution in [0.1, 0.15) is 43.0 Å². The molecule has 0 radical (unpaired) electrons. The van der Waals surface area contributed by atoms with Gasteiger partial charge in [0.15, 0.2) is 0 Å². The maximum absolute atomic E-state index is 12.7. The van der Waals surface area contributed by atoms with Crippen molar-refractivity contribution in [2.24, 2.45) is 0 Å². The summed E-state index contributed by atoms with van der Waals surface area (Å²) < 4.78 is 0. The van der Waals surface area contributed by atoms with Crippen LogP contribution in [-0.4, -0.2) is 11.8 Å². The molecule has 4 heteroatoms. The molecule has 0 aliphatic heterocycles. The summed E-state index contributed by atoms with van der Waals surface area (Å²) in [6, 6.07) is 40.8. The lowest BCUT2D eigenvalue weighted by Gasteiger charge is -2.08. The van der Waals surface area contributed by atoms with Crippen LogP contribution in [-0.2, 0) is 0 Å². The van der Waals surface area contributed by atoms with E-state index in [2.05, 4.69) is 34.3 Å². The van der Waals surface area contributed by atoms with Crippen LogP contribution in [0.25, 0.3) is 0 Å². The fourth-order valence-corrected chi connectivity index (χ4v) is 3.78. The molecule has 5 aromatic carbocycles. The Balaban J connectivity index is 1.15. The smallest absolute Gasteiger partial charge is 0.255 e. The normalized spacial score (nSPS) is 9.80. The summed E-state index contributed by atoms with van der Waals surface area (Å²) in [5.41, 5.74) is 5.83. The van der Waals surface area contributed by atoms with E-state index in [1.54, 1.807) is 48.5 Å². The first-order valence-electron chi connectivity index (χ1n) is 12.7. The lowest BCUT2D eigenvalue weighted by Crippen LogP contribution is -2.13. The molecule has 0 spiro atoms. The van der Waals surface area contributed by atoms with Crippen LogP contribution in [0.2, 0.25) is 0 Å². The van der Waals surface area contributed by atoms with Crippen LogP contribution >= 0.6 is 0 Å². The van der Waals surface area contributed by atoms with Crippen molar-refractivity contribution in [3.05, 3.63) is 167 Å². The molecule has 0 fully saturated rings. The van der Waals surface area contributed by atoms with Gasteiger partial charge in [0, 0.05) is 44.8 Å². The number of hydrogen-bond donors (Lipinski definition) is 2. The number of hydrogen-bond acceptors (Lipinski definition) is 2. The Hall–Kier alpha value is -5.84. The Kier molecular flexibility index (Phi) is 8.13. The lowest BCUT2D eigenvalue weighted by atomic mass is 10.1. The lowest BCUT2D eigenvalue weighted by molar-refractivity contribution is 0.101. The highest BCUT2D eigenvalue weighted by atomic mass is 16.2. The van der Waals surface area contributed by atoms with Crippen molar-refractivity contribution in [2.45, 2.75) is 0 Å². The average Bonchev–Trinajstić information content (AvgIpc) is 3.01. The van der Waals surface area contributed by atoms with E-state index in [4.69, 9.17) is 0 Å². The van der Waals surface area contributed by atoms with E-state index in [9.17, 15) is 9.59 Å². The summed E-state index contributed by atoms with van der Waals surface area (Å²) in [7, 11) is 0. The van der Waals surface area contributed by atoms with E-state index in [0.717, 1.165) is 22.3 Å². The summed E-state index contributed by atoms with van der Waals surface area (Å²) in [5, 5.41) is 5.75. The van der Waals surface area contributed by atoms with Crippen molar-refractivity contribution in [1.29, 1.82) is 0 Å². The van der Waals surface area contributed by atoms with Gasteiger partial charge >= 0.3 is 0 Å². The van der Waals surface area contributed by atoms with Gasteiger partial charge in [-0.3, -0.25) is 9.59 Å². The van der Waals surface area contributed by atoms with Gasteiger partial charge < -0.3 is 10.6 Å². The highest BCUT2D eigenvalue weighted by molar-refractivity contribution is 6.05. The molecule has 0 saturated heterocycles. The molecule has 40 heavy (non-hydrogen) atoms. The number of amides is 2. The van der Waals surface area contributed by atoms with Crippen molar-refractivity contribution >= 4 is 23.2 Å².